The summed E-state index contributed by atoms with van der Waals surface area (Å²) in [6.07, 6.45) is 3.36. The Morgan fingerprint density at radius 2 is 1.75 bits per heavy atom. The molecule has 0 aromatic carbocycles. The number of nitrogens with one attached hydrogen (secondary N) is 1. The number of rotatable bonds is 5. The molecule has 0 amide bonds. The molecule has 0 aliphatic carbocycles. The Balaban J connectivity index is 1.87. The van der Waals surface area contributed by atoms with Crippen molar-refractivity contribution in [3.8, 4) is 0 Å². The van der Waals surface area contributed by atoms with Crippen molar-refractivity contribution in [3.05, 3.63) is 69.7 Å². The molecule has 3 heterocycles. The van der Waals surface area contributed by atoms with E-state index >= 15 is 0 Å². The molecule has 5 heteroatoms. The predicted molar refractivity (Wildman–Crippen MR) is 80.1 cm³/mol. The van der Waals surface area contributed by atoms with Crippen LogP contribution in [0.25, 0.3) is 0 Å². The number of furan rings is 2. The van der Waals surface area contributed by atoms with Gasteiger partial charge >= 0.3 is 0 Å². The minimum Gasteiger partial charge on any atom is -0.468 e. The van der Waals surface area contributed by atoms with Crippen LogP contribution in [0.4, 0.5) is 0 Å². The van der Waals surface area contributed by atoms with Gasteiger partial charge in [-0.15, -0.1) is 11.3 Å². The third kappa shape index (κ3) is 2.82. The first kappa shape index (κ1) is 13.5. The summed E-state index contributed by atoms with van der Waals surface area (Å²) >= 11 is 7.59. The molecule has 2 atom stereocenters. The van der Waals surface area contributed by atoms with Gasteiger partial charge in [0, 0.05) is 4.88 Å². The second kappa shape index (κ2) is 5.87. The van der Waals surface area contributed by atoms with E-state index in [2.05, 4.69) is 12.2 Å². The van der Waals surface area contributed by atoms with Crippen LogP contribution in [0.1, 0.15) is 35.4 Å². The van der Waals surface area contributed by atoms with Gasteiger partial charge in [0.25, 0.3) is 0 Å². The van der Waals surface area contributed by atoms with Crippen LogP contribution < -0.4 is 5.32 Å². The van der Waals surface area contributed by atoms with E-state index in [1.807, 2.05) is 36.4 Å². The van der Waals surface area contributed by atoms with Crippen LogP contribution in [0.15, 0.2) is 57.8 Å². The summed E-state index contributed by atoms with van der Waals surface area (Å²) in [5.41, 5.74) is 0. The molecular formula is C15H14ClNO2S. The molecule has 104 valence electrons. The summed E-state index contributed by atoms with van der Waals surface area (Å²) in [5, 5.41) is 3.52. The molecule has 0 saturated heterocycles. The molecule has 1 unspecified atom stereocenters. The summed E-state index contributed by atoms with van der Waals surface area (Å²) in [5.74, 6) is 1.76. The number of thiophene rings is 1. The van der Waals surface area contributed by atoms with Gasteiger partial charge in [-0.05, 0) is 43.3 Å². The molecule has 0 bridgehead atoms. The highest BCUT2D eigenvalue weighted by atomic mass is 35.5. The second-order valence-corrected chi connectivity index (χ2v) is 6.24. The highest BCUT2D eigenvalue weighted by molar-refractivity contribution is 7.16. The fraction of sp³-hybridized carbons (Fsp3) is 0.200. The van der Waals surface area contributed by atoms with E-state index < -0.39 is 0 Å². The number of hydrogen-bond acceptors (Lipinski definition) is 4. The van der Waals surface area contributed by atoms with Crippen LogP contribution in [0.3, 0.4) is 0 Å². The molecule has 20 heavy (non-hydrogen) atoms. The van der Waals surface area contributed by atoms with Crippen LogP contribution in [0, 0.1) is 0 Å². The zero-order valence-electron chi connectivity index (χ0n) is 10.9. The second-order valence-electron chi connectivity index (χ2n) is 4.49. The molecule has 0 saturated carbocycles. The van der Waals surface area contributed by atoms with E-state index in [9.17, 15) is 0 Å². The Bertz CT molecular complexity index is 645. The monoisotopic (exact) mass is 307 g/mol. The van der Waals surface area contributed by atoms with Gasteiger partial charge in [-0.2, -0.15) is 0 Å². The van der Waals surface area contributed by atoms with Crippen molar-refractivity contribution in [2.45, 2.75) is 19.0 Å². The quantitative estimate of drug-likeness (QED) is 0.718. The zero-order chi connectivity index (χ0) is 13.9. The predicted octanol–water partition coefficient (Wildman–Crippen LogP) is 5.03. The fourth-order valence-corrected chi connectivity index (χ4v) is 3.24. The topological polar surface area (TPSA) is 38.3 Å². The lowest BCUT2D eigenvalue weighted by Crippen LogP contribution is -2.24. The van der Waals surface area contributed by atoms with Crippen LogP contribution in [-0.4, -0.2) is 0 Å². The first-order valence-corrected chi connectivity index (χ1v) is 7.51. The smallest absolute Gasteiger partial charge is 0.126 e. The maximum Gasteiger partial charge on any atom is 0.126 e. The maximum absolute atomic E-state index is 6.04. The molecule has 3 aromatic rings. The van der Waals surface area contributed by atoms with Gasteiger partial charge in [0.05, 0.1) is 22.9 Å². The van der Waals surface area contributed by atoms with Gasteiger partial charge in [0.2, 0.25) is 0 Å². The molecule has 0 radical (unpaired) electrons. The number of hydrogen-bond donors (Lipinski definition) is 1. The van der Waals surface area contributed by atoms with Crippen molar-refractivity contribution < 1.29 is 8.83 Å². The summed E-state index contributed by atoms with van der Waals surface area (Å²) in [4.78, 5) is 1.11. The van der Waals surface area contributed by atoms with Gasteiger partial charge in [-0.1, -0.05) is 11.6 Å². The van der Waals surface area contributed by atoms with Crippen molar-refractivity contribution in [2.24, 2.45) is 0 Å². The Morgan fingerprint density at radius 3 is 2.30 bits per heavy atom. The first-order valence-electron chi connectivity index (χ1n) is 6.32. The third-order valence-corrected chi connectivity index (χ3v) is 4.39. The number of halogens is 1. The van der Waals surface area contributed by atoms with E-state index in [-0.39, 0.29) is 12.1 Å². The van der Waals surface area contributed by atoms with E-state index in [0.717, 1.165) is 20.7 Å². The van der Waals surface area contributed by atoms with E-state index in [4.69, 9.17) is 20.4 Å². The average Bonchev–Trinajstić information content (AvgIpc) is 3.17. The van der Waals surface area contributed by atoms with Gasteiger partial charge in [0.15, 0.2) is 0 Å². The van der Waals surface area contributed by atoms with Gasteiger partial charge in [0.1, 0.15) is 17.6 Å². The fourth-order valence-electron chi connectivity index (χ4n) is 2.11. The Labute approximate surface area is 126 Å². The van der Waals surface area contributed by atoms with Crippen molar-refractivity contribution in [1.29, 1.82) is 0 Å². The van der Waals surface area contributed by atoms with Crippen molar-refractivity contribution in [3.63, 3.8) is 0 Å². The largest absolute Gasteiger partial charge is 0.468 e. The molecule has 3 aromatic heterocycles. The SMILES string of the molecule is C[C@@H](NC(c1ccco1)c1ccc(Cl)s1)c1ccco1. The van der Waals surface area contributed by atoms with E-state index in [1.165, 1.54) is 0 Å². The minimum absolute atomic E-state index is 0.0393. The average molecular weight is 308 g/mol. The summed E-state index contributed by atoms with van der Waals surface area (Å²) in [6, 6.07) is 11.6. The molecule has 0 aliphatic heterocycles. The van der Waals surface area contributed by atoms with Gasteiger partial charge in [-0.3, -0.25) is 5.32 Å². The Hall–Kier alpha value is -1.49. The molecule has 0 aliphatic rings. The standard InChI is InChI=1S/C15H14ClNO2S/c1-10(11-4-2-8-18-11)17-15(12-5-3-9-19-12)13-6-7-14(16)20-13/h2-10,15,17H,1H3/t10-,15?/m1/s1. The summed E-state index contributed by atoms with van der Waals surface area (Å²) < 4.78 is 11.8. The van der Waals surface area contributed by atoms with Gasteiger partial charge in [-0.25, -0.2) is 0 Å². The molecule has 1 N–H and O–H groups in total. The highest BCUT2D eigenvalue weighted by Crippen LogP contribution is 2.33. The third-order valence-electron chi connectivity index (χ3n) is 3.09. The summed E-state index contributed by atoms with van der Waals surface area (Å²) in [6.45, 7) is 2.06. The van der Waals surface area contributed by atoms with Crippen molar-refractivity contribution >= 4 is 22.9 Å². The van der Waals surface area contributed by atoms with Crippen LogP contribution in [0.5, 0.6) is 0 Å². The summed E-state index contributed by atoms with van der Waals surface area (Å²) in [7, 11) is 0. The molecule has 0 fully saturated rings. The molecule has 3 rings (SSSR count). The van der Waals surface area contributed by atoms with Crippen LogP contribution in [-0.2, 0) is 0 Å². The van der Waals surface area contributed by atoms with Crippen molar-refractivity contribution in [1.82, 2.24) is 5.32 Å². The molecule has 0 spiro atoms. The normalized spacial score (nSPS) is 14.3. The van der Waals surface area contributed by atoms with Crippen LogP contribution >= 0.6 is 22.9 Å². The van der Waals surface area contributed by atoms with Gasteiger partial charge < -0.3 is 8.83 Å². The van der Waals surface area contributed by atoms with Crippen molar-refractivity contribution in [2.75, 3.05) is 0 Å². The molecule has 3 nitrogen and oxygen atoms in total. The van der Waals surface area contributed by atoms with E-state index in [0.29, 0.717) is 0 Å². The Kier molecular flexibility index (Phi) is 3.96. The van der Waals surface area contributed by atoms with E-state index in [1.54, 1.807) is 23.9 Å². The zero-order valence-corrected chi connectivity index (χ0v) is 12.4. The van der Waals surface area contributed by atoms with Crippen LogP contribution in [0.2, 0.25) is 4.34 Å². The first-order chi connectivity index (χ1) is 9.74. The lowest BCUT2D eigenvalue weighted by molar-refractivity contribution is 0.380. The minimum atomic E-state index is -0.0393. The Morgan fingerprint density at radius 1 is 1.05 bits per heavy atom. The maximum atomic E-state index is 6.04. The molecular weight excluding hydrogens is 294 g/mol. The highest BCUT2D eigenvalue weighted by Gasteiger charge is 2.22. The lowest BCUT2D eigenvalue weighted by Gasteiger charge is -2.19. The lowest BCUT2D eigenvalue weighted by atomic mass is 10.1.